The number of nitrogens with two attached hydrogens (primary N) is 1. The third-order valence-electron chi connectivity index (χ3n) is 2.53. The van der Waals surface area contributed by atoms with E-state index in [4.69, 9.17) is 10.5 Å². The second-order valence-corrected chi connectivity index (χ2v) is 3.65. The minimum atomic E-state index is 0.472. The van der Waals surface area contributed by atoms with E-state index >= 15 is 0 Å². The van der Waals surface area contributed by atoms with Crippen molar-refractivity contribution in [3.63, 3.8) is 0 Å². The molecule has 1 aliphatic carbocycles. The Kier molecular flexibility index (Phi) is 4.58. The van der Waals surface area contributed by atoms with Gasteiger partial charge in [0.2, 0.25) is 0 Å². The number of rotatable bonds is 4. The number of hydrogen-bond acceptors (Lipinski definition) is 3. The van der Waals surface area contributed by atoms with Gasteiger partial charge in [-0.05, 0) is 31.6 Å². The SMILES string of the molecule is CC1CCC(OCNCN)CC1. The monoisotopic (exact) mass is 172 g/mol. The Labute approximate surface area is 74.7 Å². The molecule has 3 heteroatoms. The molecule has 0 spiro atoms. The van der Waals surface area contributed by atoms with Crippen LogP contribution in [0.2, 0.25) is 0 Å². The molecule has 12 heavy (non-hydrogen) atoms. The summed E-state index contributed by atoms with van der Waals surface area (Å²) in [4.78, 5) is 0. The van der Waals surface area contributed by atoms with Gasteiger partial charge in [0.15, 0.2) is 0 Å². The van der Waals surface area contributed by atoms with E-state index in [1.54, 1.807) is 0 Å². The van der Waals surface area contributed by atoms with Crippen molar-refractivity contribution in [2.24, 2.45) is 11.7 Å². The Morgan fingerprint density at radius 3 is 2.58 bits per heavy atom. The van der Waals surface area contributed by atoms with E-state index in [0.717, 1.165) is 5.92 Å². The molecular formula is C9H20N2O. The third kappa shape index (κ3) is 3.52. The lowest BCUT2D eigenvalue weighted by molar-refractivity contribution is 0.0101. The lowest BCUT2D eigenvalue weighted by Gasteiger charge is -2.26. The molecule has 0 heterocycles. The van der Waals surface area contributed by atoms with Crippen molar-refractivity contribution < 1.29 is 4.74 Å². The quantitative estimate of drug-likeness (QED) is 0.492. The molecule has 1 rings (SSSR count). The van der Waals surface area contributed by atoms with Crippen molar-refractivity contribution in [3.05, 3.63) is 0 Å². The second kappa shape index (κ2) is 5.51. The van der Waals surface area contributed by atoms with E-state index in [-0.39, 0.29) is 0 Å². The number of nitrogens with one attached hydrogen (secondary N) is 1. The molecule has 3 nitrogen and oxygen atoms in total. The fraction of sp³-hybridized carbons (Fsp3) is 1.00. The third-order valence-corrected chi connectivity index (χ3v) is 2.53. The van der Waals surface area contributed by atoms with Crippen molar-refractivity contribution in [2.75, 3.05) is 13.4 Å². The standard InChI is InChI=1S/C9H20N2O/c1-8-2-4-9(5-3-8)12-7-11-6-10/h8-9,11H,2-7,10H2,1H3. The summed E-state index contributed by atoms with van der Waals surface area (Å²) in [6.07, 6.45) is 5.53. The van der Waals surface area contributed by atoms with Crippen LogP contribution >= 0.6 is 0 Å². The van der Waals surface area contributed by atoms with Crippen LogP contribution in [0.3, 0.4) is 0 Å². The van der Waals surface area contributed by atoms with Crippen LogP contribution in [0, 0.1) is 5.92 Å². The van der Waals surface area contributed by atoms with E-state index in [2.05, 4.69) is 12.2 Å². The molecule has 0 aromatic heterocycles. The summed E-state index contributed by atoms with van der Waals surface area (Å²) in [5.74, 6) is 0.896. The lowest BCUT2D eigenvalue weighted by atomic mass is 9.89. The molecule has 3 N–H and O–H groups in total. The van der Waals surface area contributed by atoms with Gasteiger partial charge >= 0.3 is 0 Å². The first-order valence-corrected chi connectivity index (χ1v) is 4.85. The predicted octanol–water partition coefficient (Wildman–Crippen LogP) is 1.04. The molecule has 72 valence electrons. The Balaban J connectivity index is 2.01. The van der Waals surface area contributed by atoms with Crippen LogP contribution in [-0.2, 0) is 4.74 Å². The van der Waals surface area contributed by atoms with Gasteiger partial charge in [-0.3, -0.25) is 5.32 Å². The average molecular weight is 172 g/mol. The van der Waals surface area contributed by atoms with Gasteiger partial charge in [-0.15, -0.1) is 0 Å². The number of hydrogen-bond donors (Lipinski definition) is 2. The first kappa shape index (κ1) is 9.96. The van der Waals surface area contributed by atoms with Gasteiger partial charge in [-0.25, -0.2) is 0 Å². The molecule has 0 unspecified atom stereocenters. The second-order valence-electron chi connectivity index (χ2n) is 3.65. The summed E-state index contributed by atoms with van der Waals surface area (Å²) >= 11 is 0. The van der Waals surface area contributed by atoms with E-state index in [9.17, 15) is 0 Å². The maximum atomic E-state index is 5.58. The minimum Gasteiger partial charge on any atom is -0.363 e. The van der Waals surface area contributed by atoms with Crippen LogP contribution in [0.5, 0.6) is 0 Å². The Morgan fingerprint density at radius 2 is 2.00 bits per heavy atom. The average Bonchev–Trinajstić information content (AvgIpc) is 2.09. The van der Waals surface area contributed by atoms with Gasteiger partial charge in [-0.1, -0.05) is 6.92 Å². The van der Waals surface area contributed by atoms with Crippen molar-refractivity contribution in [1.29, 1.82) is 0 Å². The summed E-state index contributed by atoms with van der Waals surface area (Å²) in [5.41, 5.74) is 5.28. The van der Waals surface area contributed by atoms with E-state index < -0.39 is 0 Å². The summed E-state index contributed by atoms with van der Waals surface area (Å²) < 4.78 is 5.58. The van der Waals surface area contributed by atoms with Gasteiger partial charge in [0.05, 0.1) is 12.8 Å². The van der Waals surface area contributed by atoms with Crippen LogP contribution < -0.4 is 11.1 Å². The number of ether oxygens (including phenoxy) is 1. The fourth-order valence-electron chi connectivity index (χ4n) is 1.63. The highest BCUT2D eigenvalue weighted by Gasteiger charge is 2.17. The highest BCUT2D eigenvalue weighted by Crippen LogP contribution is 2.25. The van der Waals surface area contributed by atoms with Gasteiger partial charge in [0.1, 0.15) is 0 Å². The van der Waals surface area contributed by atoms with Gasteiger partial charge in [-0.2, -0.15) is 0 Å². The van der Waals surface area contributed by atoms with Crippen molar-refractivity contribution in [1.82, 2.24) is 5.32 Å². The molecule has 0 radical (unpaired) electrons. The molecule has 0 aromatic rings. The molecule has 1 saturated carbocycles. The summed E-state index contributed by atoms with van der Waals surface area (Å²) in [5, 5.41) is 2.96. The van der Waals surface area contributed by atoms with E-state index in [0.29, 0.717) is 19.5 Å². The molecule has 1 fully saturated rings. The van der Waals surface area contributed by atoms with Crippen LogP contribution in [0.15, 0.2) is 0 Å². The minimum absolute atomic E-state index is 0.472. The van der Waals surface area contributed by atoms with Crippen molar-refractivity contribution >= 4 is 0 Å². The lowest BCUT2D eigenvalue weighted by Crippen LogP contribution is -2.29. The largest absolute Gasteiger partial charge is 0.363 e. The zero-order valence-corrected chi connectivity index (χ0v) is 7.88. The predicted molar refractivity (Wildman–Crippen MR) is 49.6 cm³/mol. The smallest absolute Gasteiger partial charge is 0.0978 e. The zero-order valence-electron chi connectivity index (χ0n) is 7.88. The first-order valence-electron chi connectivity index (χ1n) is 4.85. The summed E-state index contributed by atoms with van der Waals surface area (Å²) in [6, 6.07) is 0. The maximum Gasteiger partial charge on any atom is 0.0978 e. The Morgan fingerprint density at radius 1 is 1.33 bits per heavy atom. The molecule has 1 aliphatic rings. The van der Waals surface area contributed by atoms with Gasteiger partial charge in [0, 0.05) is 6.67 Å². The van der Waals surface area contributed by atoms with E-state index in [1.165, 1.54) is 25.7 Å². The van der Waals surface area contributed by atoms with Crippen molar-refractivity contribution in [3.8, 4) is 0 Å². The topological polar surface area (TPSA) is 47.3 Å². The molecule has 0 amide bonds. The molecule has 0 bridgehead atoms. The van der Waals surface area contributed by atoms with Crippen LogP contribution in [0.1, 0.15) is 32.6 Å². The highest BCUT2D eigenvalue weighted by molar-refractivity contribution is 4.69. The van der Waals surface area contributed by atoms with Crippen molar-refractivity contribution in [2.45, 2.75) is 38.7 Å². The molecular weight excluding hydrogens is 152 g/mol. The molecule has 0 saturated heterocycles. The molecule has 0 atom stereocenters. The maximum absolute atomic E-state index is 5.58. The highest BCUT2D eigenvalue weighted by atomic mass is 16.5. The Bertz CT molecular complexity index is 111. The Hall–Kier alpha value is -0.120. The zero-order chi connectivity index (χ0) is 8.81. The fourth-order valence-corrected chi connectivity index (χ4v) is 1.63. The molecule has 0 aromatic carbocycles. The van der Waals surface area contributed by atoms with Gasteiger partial charge < -0.3 is 10.5 Å². The normalized spacial score (nSPS) is 30.5. The van der Waals surface area contributed by atoms with Crippen LogP contribution in [0.4, 0.5) is 0 Å². The summed E-state index contributed by atoms with van der Waals surface area (Å²) in [6.45, 7) is 3.42. The molecule has 0 aliphatic heterocycles. The first-order chi connectivity index (χ1) is 5.83. The van der Waals surface area contributed by atoms with E-state index in [1.807, 2.05) is 0 Å². The van der Waals surface area contributed by atoms with Gasteiger partial charge in [0.25, 0.3) is 0 Å². The summed E-state index contributed by atoms with van der Waals surface area (Å²) in [7, 11) is 0. The van der Waals surface area contributed by atoms with Crippen LogP contribution in [-0.4, -0.2) is 19.5 Å². The van der Waals surface area contributed by atoms with Crippen LogP contribution in [0.25, 0.3) is 0 Å².